The number of para-hydroxylation sites is 2. The summed E-state index contributed by atoms with van der Waals surface area (Å²) in [7, 11) is 0. The molecule has 0 aliphatic heterocycles. The summed E-state index contributed by atoms with van der Waals surface area (Å²) in [5, 5.41) is 0. The van der Waals surface area contributed by atoms with Gasteiger partial charge in [0.05, 0.1) is 0 Å². The molecule has 0 unspecified atom stereocenters. The highest BCUT2D eigenvalue weighted by Gasteiger charge is 2.12. The summed E-state index contributed by atoms with van der Waals surface area (Å²) in [5.41, 5.74) is 4.28. The molecule has 0 N–H and O–H groups in total. The van der Waals surface area contributed by atoms with Gasteiger partial charge in [0.2, 0.25) is 0 Å². The minimum atomic E-state index is 0.908. The molecule has 0 amide bonds. The van der Waals surface area contributed by atoms with Gasteiger partial charge in [0.15, 0.2) is 0 Å². The molecule has 0 fully saturated rings. The Balaban J connectivity index is 1.59. The van der Waals surface area contributed by atoms with Gasteiger partial charge in [0.25, 0.3) is 0 Å². The Morgan fingerprint density at radius 2 is 0.964 bits per heavy atom. The fourth-order valence-electron chi connectivity index (χ4n) is 3.43. The Kier molecular flexibility index (Phi) is 4.07. The van der Waals surface area contributed by atoms with Crippen LogP contribution < -0.4 is 0 Å². The van der Waals surface area contributed by atoms with Gasteiger partial charge in [0, 0.05) is 47.3 Å². The Hall–Kier alpha value is -3.92. The first kappa shape index (κ1) is 16.3. The molecule has 4 heteroatoms. The lowest BCUT2D eigenvalue weighted by molar-refractivity contribution is 1.06. The average molecular weight is 362 g/mol. The lowest BCUT2D eigenvalue weighted by Gasteiger charge is -2.11. The van der Waals surface area contributed by atoms with Crippen molar-refractivity contribution in [2.45, 2.75) is 0 Å². The van der Waals surface area contributed by atoms with E-state index < -0.39 is 0 Å². The summed E-state index contributed by atoms with van der Waals surface area (Å²) < 4.78 is 4.20. The third-order valence-corrected chi connectivity index (χ3v) is 4.73. The molecule has 5 rings (SSSR count). The smallest absolute Gasteiger partial charge is 0.144 e. The van der Waals surface area contributed by atoms with Crippen LogP contribution in [0, 0.1) is 0 Å². The van der Waals surface area contributed by atoms with Crippen molar-refractivity contribution in [3.8, 4) is 34.2 Å². The molecule has 5 aromatic rings. The molecular weight excluding hydrogens is 344 g/mol. The first-order valence-electron chi connectivity index (χ1n) is 9.18. The summed E-state index contributed by atoms with van der Waals surface area (Å²) in [6, 6.07) is 28.9. The maximum absolute atomic E-state index is 4.60. The second kappa shape index (κ2) is 7.00. The second-order valence-electron chi connectivity index (χ2n) is 6.49. The van der Waals surface area contributed by atoms with E-state index in [4.69, 9.17) is 0 Å². The normalized spacial score (nSPS) is 10.9. The third kappa shape index (κ3) is 2.91. The Morgan fingerprint density at radius 3 is 1.43 bits per heavy atom. The zero-order chi connectivity index (χ0) is 18.8. The summed E-state index contributed by atoms with van der Waals surface area (Å²) in [6.45, 7) is 0. The number of aromatic nitrogens is 4. The lowest BCUT2D eigenvalue weighted by Crippen LogP contribution is -1.98. The van der Waals surface area contributed by atoms with Gasteiger partial charge in [-0.1, -0.05) is 54.6 Å². The Labute approximate surface area is 163 Å². The van der Waals surface area contributed by atoms with Crippen LogP contribution in [0.4, 0.5) is 0 Å². The number of benzene rings is 3. The van der Waals surface area contributed by atoms with E-state index in [1.165, 1.54) is 0 Å². The molecule has 4 nitrogen and oxygen atoms in total. The molecule has 0 atom stereocenters. The highest BCUT2D eigenvalue weighted by atomic mass is 15.1. The minimum absolute atomic E-state index is 0.908. The van der Waals surface area contributed by atoms with E-state index in [1.807, 2.05) is 61.2 Å². The third-order valence-electron chi connectivity index (χ3n) is 4.73. The molecule has 28 heavy (non-hydrogen) atoms. The van der Waals surface area contributed by atoms with Gasteiger partial charge in [-0.15, -0.1) is 0 Å². The van der Waals surface area contributed by atoms with E-state index >= 15 is 0 Å². The number of imidazole rings is 2. The summed E-state index contributed by atoms with van der Waals surface area (Å²) in [5.74, 6) is 1.82. The number of rotatable bonds is 4. The van der Waals surface area contributed by atoms with E-state index in [9.17, 15) is 0 Å². The average Bonchev–Trinajstić information content (AvgIpc) is 3.45. The van der Waals surface area contributed by atoms with Gasteiger partial charge < -0.3 is 0 Å². The molecule has 0 saturated heterocycles. The minimum Gasteiger partial charge on any atom is -0.300 e. The number of hydrogen-bond acceptors (Lipinski definition) is 2. The van der Waals surface area contributed by atoms with Crippen LogP contribution in [0.1, 0.15) is 0 Å². The quantitative estimate of drug-likeness (QED) is 0.429. The Morgan fingerprint density at radius 1 is 0.500 bits per heavy atom. The van der Waals surface area contributed by atoms with Crippen LogP contribution in [0.3, 0.4) is 0 Å². The number of nitrogens with zero attached hydrogens (tertiary/aromatic N) is 4. The summed E-state index contributed by atoms with van der Waals surface area (Å²) in [4.78, 5) is 9.20. The molecule has 2 aromatic heterocycles. The highest BCUT2D eigenvalue weighted by molar-refractivity contribution is 5.68. The van der Waals surface area contributed by atoms with Crippen molar-refractivity contribution < 1.29 is 0 Å². The zero-order valence-electron chi connectivity index (χ0n) is 15.2. The van der Waals surface area contributed by atoms with E-state index in [0.717, 1.165) is 34.2 Å². The van der Waals surface area contributed by atoms with E-state index in [-0.39, 0.29) is 0 Å². The van der Waals surface area contributed by atoms with Crippen molar-refractivity contribution in [2.24, 2.45) is 0 Å². The van der Waals surface area contributed by atoms with Crippen molar-refractivity contribution in [3.05, 3.63) is 110 Å². The second-order valence-corrected chi connectivity index (χ2v) is 6.49. The van der Waals surface area contributed by atoms with Crippen molar-refractivity contribution in [1.29, 1.82) is 0 Å². The fraction of sp³-hybridized carbons (Fsp3) is 0. The van der Waals surface area contributed by atoms with Crippen LogP contribution in [0.15, 0.2) is 110 Å². The van der Waals surface area contributed by atoms with Crippen molar-refractivity contribution in [2.75, 3.05) is 0 Å². The van der Waals surface area contributed by atoms with Crippen LogP contribution in [0.25, 0.3) is 34.2 Å². The molecule has 134 valence electrons. The van der Waals surface area contributed by atoms with Crippen molar-refractivity contribution in [3.63, 3.8) is 0 Å². The molecule has 0 radical (unpaired) electrons. The predicted octanol–water partition coefficient (Wildman–Crippen LogP) is 5.39. The summed E-state index contributed by atoms with van der Waals surface area (Å²) >= 11 is 0. The van der Waals surface area contributed by atoms with Crippen LogP contribution >= 0.6 is 0 Å². The van der Waals surface area contributed by atoms with Crippen LogP contribution in [-0.4, -0.2) is 19.1 Å². The van der Waals surface area contributed by atoms with Gasteiger partial charge in [-0.3, -0.25) is 9.13 Å². The monoisotopic (exact) mass is 362 g/mol. The molecule has 0 saturated carbocycles. The van der Waals surface area contributed by atoms with Crippen molar-refractivity contribution in [1.82, 2.24) is 19.1 Å². The fourth-order valence-corrected chi connectivity index (χ4v) is 3.43. The van der Waals surface area contributed by atoms with Gasteiger partial charge in [-0.2, -0.15) is 0 Å². The molecule has 0 aliphatic carbocycles. The van der Waals surface area contributed by atoms with Crippen LogP contribution in [0.5, 0.6) is 0 Å². The predicted molar refractivity (Wildman–Crippen MR) is 112 cm³/mol. The maximum Gasteiger partial charge on any atom is 0.144 e. The van der Waals surface area contributed by atoms with Crippen LogP contribution in [0.2, 0.25) is 0 Å². The van der Waals surface area contributed by atoms with Gasteiger partial charge >= 0.3 is 0 Å². The van der Waals surface area contributed by atoms with Gasteiger partial charge in [-0.05, 0) is 30.3 Å². The topological polar surface area (TPSA) is 35.6 Å². The van der Waals surface area contributed by atoms with Gasteiger partial charge in [0.1, 0.15) is 11.6 Å². The van der Waals surface area contributed by atoms with Crippen molar-refractivity contribution >= 4 is 0 Å². The number of hydrogen-bond donors (Lipinski definition) is 0. The summed E-state index contributed by atoms with van der Waals surface area (Å²) in [6.07, 6.45) is 7.64. The maximum atomic E-state index is 4.60. The first-order valence-corrected chi connectivity index (χ1v) is 9.18. The molecule has 0 aliphatic rings. The molecular formula is C24H18N4. The standard InChI is InChI=1S/C24H18N4/c1-3-10-21(11-4-1)27-16-14-25-23(27)19-8-7-9-20(18-19)24-26-15-17-28(24)22-12-5-2-6-13-22/h1-18H. The molecule has 2 heterocycles. The zero-order valence-corrected chi connectivity index (χ0v) is 15.2. The first-order chi connectivity index (χ1) is 13.9. The molecule has 0 bridgehead atoms. The van der Waals surface area contributed by atoms with E-state index in [1.54, 1.807) is 0 Å². The van der Waals surface area contributed by atoms with E-state index in [2.05, 4.69) is 67.6 Å². The molecule has 0 spiro atoms. The van der Waals surface area contributed by atoms with Gasteiger partial charge in [-0.25, -0.2) is 9.97 Å². The SMILES string of the molecule is c1ccc(-n2ccnc2-c2cccc(-c3nccn3-c3ccccc3)c2)cc1. The largest absolute Gasteiger partial charge is 0.300 e. The van der Waals surface area contributed by atoms with E-state index in [0.29, 0.717) is 0 Å². The molecule has 3 aromatic carbocycles. The van der Waals surface area contributed by atoms with Crippen LogP contribution in [-0.2, 0) is 0 Å². The lowest BCUT2D eigenvalue weighted by atomic mass is 10.1. The Bertz CT molecular complexity index is 1110. The highest BCUT2D eigenvalue weighted by Crippen LogP contribution is 2.27.